The summed E-state index contributed by atoms with van der Waals surface area (Å²) in [5, 5.41) is 0. The van der Waals surface area contributed by atoms with E-state index in [2.05, 4.69) is 4.90 Å². The number of aromatic nitrogens is 1. The van der Waals surface area contributed by atoms with Crippen molar-refractivity contribution >= 4 is 5.97 Å². The van der Waals surface area contributed by atoms with Crippen molar-refractivity contribution in [1.29, 1.82) is 0 Å². The fourth-order valence-electron chi connectivity index (χ4n) is 3.51. The van der Waals surface area contributed by atoms with E-state index >= 15 is 0 Å². The van der Waals surface area contributed by atoms with Crippen LogP contribution in [0.5, 0.6) is 0 Å². The Labute approximate surface area is 118 Å². The zero-order valence-electron chi connectivity index (χ0n) is 11.7. The van der Waals surface area contributed by atoms with Gasteiger partial charge in [-0.3, -0.25) is 14.5 Å². The third-order valence-corrected chi connectivity index (χ3v) is 4.21. The summed E-state index contributed by atoms with van der Waals surface area (Å²) in [5.41, 5.74) is 1.21. The fourth-order valence-corrected chi connectivity index (χ4v) is 3.51. The number of hydrogen-bond acceptors (Lipinski definition) is 4. The molecular formula is C15H20N2O3. The molecule has 0 N–H and O–H groups in total. The van der Waals surface area contributed by atoms with E-state index < -0.39 is 0 Å². The Morgan fingerprint density at radius 2 is 2.20 bits per heavy atom. The third-order valence-electron chi connectivity index (χ3n) is 4.21. The molecule has 1 fully saturated rings. The van der Waals surface area contributed by atoms with Gasteiger partial charge in [-0.15, -0.1) is 0 Å². The van der Waals surface area contributed by atoms with Crippen LogP contribution in [-0.4, -0.2) is 41.7 Å². The molecular weight excluding hydrogens is 256 g/mol. The number of carbonyl (C=O) groups is 1. The Balaban J connectivity index is 1.77. The number of fused-ring (bicyclic) bond motifs is 4. The van der Waals surface area contributed by atoms with Crippen LogP contribution in [0.25, 0.3) is 0 Å². The number of pyridine rings is 1. The van der Waals surface area contributed by atoms with Crippen LogP contribution >= 0.6 is 0 Å². The summed E-state index contributed by atoms with van der Waals surface area (Å²) in [6.07, 6.45) is 1.11. The Morgan fingerprint density at radius 1 is 1.35 bits per heavy atom. The van der Waals surface area contributed by atoms with Gasteiger partial charge in [-0.1, -0.05) is 6.07 Å². The molecule has 1 aromatic heterocycles. The normalized spacial score (nSPS) is 25.1. The van der Waals surface area contributed by atoms with E-state index in [1.54, 1.807) is 6.07 Å². The molecule has 0 saturated carbocycles. The number of nitrogens with zero attached hydrogens (tertiary/aromatic N) is 2. The Bertz CT molecular complexity index is 566. The second-order valence-electron chi connectivity index (χ2n) is 5.70. The predicted molar refractivity (Wildman–Crippen MR) is 74.6 cm³/mol. The molecule has 2 bridgehead atoms. The first-order valence-electron chi connectivity index (χ1n) is 7.25. The van der Waals surface area contributed by atoms with Crippen molar-refractivity contribution in [1.82, 2.24) is 9.47 Å². The minimum atomic E-state index is -0.155. The van der Waals surface area contributed by atoms with Gasteiger partial charge in [-0.2, -0.15) is 0 Å². The monoisotopic (exact) mass is 276 g/mol. The number of rotatable bonds is 3. The van der Waals surface area contributed by atoms with Crippen molar-refractivity contribution in [2.45, 2.75) is 25.8 Å². The maximum atomic E-state index is 11.9. The largest absolute Gasteiger partial charge is 0.465 e. The van der Waals surface area contributed by atoms with Gasteiger partial charge in [-0.25, -0.2) is 0 Å². The highest BCUT2D eigenvalue weighted by Crippen LogP contribution is 2.34. The second kappa shape index (κ2) is 5.40. The van der Waals surface area contributed by atoms with E-state index in [1.807, 2.05) is 23.6 Å². The fraction of sp³-hybridized carbons (Fsp3) is 0.600. The highest BCUT2D eigenvalue weighted by Gasteiger charge is 2.34. The molecule has 0 amide bonds. The number of ether oxygens (including phenoxy) is 1. The van der Waals surface area contributed by atoms with Crippen molar-refractivity contribution in [2.24, 2.45) is 5.92 Å². The van der Waals surface area contributed by atoms with Gasteiger partial charge < -0.3 is 9.30 Å². The van der Waals surface area contributed by atoms with Gasteiger partial charge in [0, 0.05) is 37.3 Å². The number of esters is 1. The lowest BCUT2D eigenvalue weighted by Gasteiger charge is -2.42. The van der Waals surface area contributed by atoms with Crippen LogP contribution in [0.15, 0.2) is 23.0 Å². The average molecular weight is 276 g/mol. The summed E-state index contributed by atoms with van der Waals surface area (Å²) in [6, 6.07) is 5.50. The molecule has 3 heterocycles. The van der Waals surface area contributed by atoms with Gasteiger partial charge in [0.2, 0.25) is 0 Å². The van der Waals surface area contributed by atoms with Gasteiger partial charge in [0.15, 0.2) is 0 Å². The molecule has 5 nitrogen and oxygen atoms in total. The smallest absolute Gasteiger partial charge is 0.320 e. The molecule has 0 spiro atoms. The van der Waals surface area contributed by atoms with Crippen molar-refractivity contribution in [3.8, 4) is 0 Å². The van der Waals surface area contributed by atoms with E-state index in [-0.39, 0.29) is 11.5 Å². The van der Waals surface area contributed by atoms with Crippen molar-refractivity contribution < 1.29 is 9.53 Å². The van der Waals surface area contributed by atoms with Crippen LogP contribution in [0.1, 0.15) is 25.0 Å². The van der Waals surface area contributed by atoms with Gasteiger partial charge in [-0.05, 0) is 25.3 Å². The highest BCUT2D eigenvalue weighted by molar-refractivity contribution is 5.71. The summed E-state index contributed by atoms with van der Waals surface area (Å²) in [4.78, 5) is 25.7. The van der Waals surface area contributed by atoms with Crippen molar-refractivity contribution in [3.63, 3.8) is 0 Å². The summed E-state index contributed by atoms with van der Waals surface area (Å²) in [7, 11) is 0. The molecule has 1 saturated heterocycles. The van der Waals surface area contributed by atoms with E-state index in [0.29, 0.717) is 25.0 Å². The van der Waals surface area contributed by atoms with Crippen LogP contribution in [0.2, 0.25) is 0 Å². The van der Waals surface area contributed by atoms with Crippen LogP contribution in [0, 0.1) is 5.92 Å². The number of likely N-dealkylation sites (tertiary alicyclic amines) is 1. The molecule has 2 aliphatic rings. The SMILES string of the molecule is CCOC(=O)CN1CC2CC(C1)c1cccc(=O)n1C2. The molecule has 108 valence electrons. The van der Waals surface area contributed by atoms with E-state index in [4.69, 9.17) is 4.74 Å². The molecule has 0 radical (unpaired) electrons. The van der Waals surface area contributed by atoms with Crippen molar-refractivity contribution in [3.05, 3.63) is 34.2 Å². The predicted octanol–water partition coefficient (Wildman–Crippen LogP) is 0.831. The van der Waals surface area contributed by atoms with Crippen LogP contribution < -0.4 is 5.56 Å². The van der Waals surface area contributed by atoms with Crippen molar-refractivity contribution in [2.75, 3.05) is 26.2 Å². The molecule has 2 aliphatic heterocycles. The minimum absolute atomic E-state index is 0.0936. The maximum absolute atomic E-state index is 11.9. The first-order valence-corrected chi connectivity index (χ1v) is 7.25. The number of piperidine rings is 1. The summed E-state index contributed by atoms with van der Waals surface area (Å²) in [5.74, 6) is 0.652. The number of hydrogen-bond donors (Lipinski definition) is 0. The van der Waals surface area contributed by atoms with Gasteiger partial charge in [0.05, 0.1) is 13.2 Å². The van der Waals surface area contributed by atoms with Crippen LogP contribution in [-0.2, 0) is 16.1 Å². The minimum Gasteiger partial charge on any atom is -0.465 e. The Hall–Kier alpha value is -1.62. The van der Waals surface area contributed by atoms with Crippen LogP contribution in [0.4, 0.5) is 0 Å². The molecule has 2 atom stereocenters. The van der Waals surface area contributed by atoms with Gasteiger partial charge in [0.25, 0.3) is 5.56 Å². The molecule has 0 aromatic carbocycles. The first kappa shape index (κ1) is 13.4. The Morgan fingerprint density at radius 3 is 3.00 bits per heavy atom. The highest BCUT2D eigenvalue weighted by atomic mass is 16.5. The molecule has 20 heavy (non-hydrogen) atoms. The summed E-state index contributed by atoms with van der Waals surface area (Å²) < 4.78 is 6.92. The van der Waals surface area contributed by atoms with Crippen LogP contribution in [0.3, 0.4) is 0 Å². The standard InChI is InChI=1S/C15H20N2O3/c1-2-20-15(19)10-16-7-11-6-12(9-16)13-4-3-5-14(18)17(13)8-11/h3-5,11-12H,2,6-10H2,1H3. The van der Waals surface area contributed by atoms with Gasteiger partial charge >= 0.3 is 5.97 Å². The Kier molecular flexibility index (Phi) is 3.61. The molecule has 1 aromatic rings. The second-order valence-corrected chi connectivity index (χ2v) is 5.70. The summed E-state index contributed by atoms with van der Waals surface area (Å²) in [6.45, 7) is 5.08. The first-order chi connectivity index (χ1) is 9.67. The molecule has 5 heteroatoms. The molecule has 0 aliphatic carbocycles. The third kappa shape index (κ3) is 2.50. The van der Waals surface area contributed by atoms with E-state index in [0.717, 1.165) is 31.7 Å². The zero-order chi connectivity index (χ0) is 14.1. The average Bonchev–Trinajstić information content (AvgIpc) is 2.40. The van der Waals surface area contributed by atoms with E-state index in [9.17, 15) is 9.59 Å². The van der Waals surface area contributed by atoms with Gasteiger partial charge in [0.1, 0.15) is 0 Å². The maximum Gasteiger partial charge on any atom is 0.320 e. The molecule has 3 rings (SSSR count). The lowest BCUT2D eigenvalue weighted by Crippen LogP contribution is -2.48. The zero-order valence-corrected chi connectivity index (χ0v) is 11.7. The quantitative estimate of drug-likeness (QED) is 0.767. The summed E-state index contributed by atoms with van der Waals surface area (Å²) >= 11 is 0. The van der Waals surface area contributed by atoms with E-state index in [1.165, 1.54) is 0 Å². The lowest BCUT2D eigenvalue weighted by molar-refractivity contribution is -0.145. The lowest BCUT2D eigenvalue weighted by atomic mass is 9.83. The number of carbonyl (C=O) groups excluding carboxylic acids is 1. The molecule has 2 unspecified atom stereocenters. The topological polar surface area (TPSA) is 51.5 Å².